The lowest BCUT2D eigenvalue weighted by Gasteiger charge is -2.37. The van der Waals surface area contributed by atoms with E-state index in [1.54, 1.807) is 37.1 Å². The number of nitrogens with one attached hydrogen (secondary N) is 2. The molecule has 9 heteroatoms. The van der Waals surface area contributed by atoms with E-state index in [9.17, 15) is 9.59 Å². The lowest BCUT2D eigenvalue weighted by molar-refractivity contribution is -0.145. The van der Waals surface area contributed by atoms with Gasteiger partial charge in [0.15, 0.2) is 5.11 Å². The molecule has 2 aromatic carbocycles. The van der Waals surface area contributed by atoms with Crippen molar-refractivity contribution in [3.63, 3.8) is 0 Å². The lowest BCUT2D eigenvalue weighted by Crippen LogP contribution is -2.56. The predicted octanol–water partition coefficient (Wildman–Crippen LogP) is 4.02. The molecule has 1 fully saturated rings. The maximum Gasteiger partial charge on any atom is 0.249 e. The molecule has 1 aliphatic rings. The van der Waals surface area contributed by atoms with E-state index in [2.05, 4.69) is 10.6 Å². The molecule has 1 atom stereocenters. The number of thiocarbonyl (C=S) groups is 1. The van der Waals surface area contributed by atoms with E-state index in [-0.39, 0.29) is 30.9 Å². The summed E-state index contributed by atoms with van der Waals surface area (Å²) in [7, 11) is 3.91. The summed E-state index contributed by atoms with van der Waals surface area (Å²) in [6.07, 6.45) is 1.56. The highest BCUT2D eigenvalue weighted by atomic mass is 32.1. The monoisotopic (exact) mass is 519 g/mol. The molecule has 0 saturated carbocycles. The van der Waals surface area contributed by atoms with Gasteiger partial charge in [0.25, 0.3) is 0 Å². The average molecular weight is 520 g/mol. The molecule has 8 nitrogen and oxygen atoms in total. The van der Waals surface area contributed by atoms with Crippen molar-refractivity contribution in [3.05, 3.63) is 84.3 Å². The van der Waals surface area contributed by atoms with Gasteiger partial charge in [0.2, 0.25) is 11.8 Å². The predicted molar refractivity (Wildman–Crippen MR) is 149 cm³/mol. The van der Waals surface area contributed by atoms with Crippen LogP contribution >= 0.6 is 12.2 Å². The van der Waals surface area contributed by atoms with Gasteiger partial charge in [-0.05, 0) is 68.0 Å². The Hall–Kier alpha value is -3.85. The second kappa shape index (κ2) is 11.0. The van der Waals surface area contributed by atoms with Crippen LogP contribution in [0.2, 0.25) is 0 Å². The lowest BCUT2D eigenvalue weighted by atomic mass is 10.00. The number of rotatable bonds is 9. The Morgan fingerprint density at radius 1 is 1.08 bits per heavy atom. The van der Waals surface area contributed by atoms with E-state index in [0.29, 0.717) is 23.1 Å². The fraction of sp³-hybridized carbons (Fsp3) is 0.321. The Morgan fingerprint density at radius 2 is 1.78 bits per heavy atom. The molecule has 4 rings (SSSR count). The minimum Gasteiger partial charge on any atom is -0.467 e. The smallest absolute Gasteiger partial charge is 0.249 e. The number of anilines is 2. The van der Waals surface area contributed by atoms with Gasteiger partial charge in [-0.1, -0.05) is 30.3 Å². The first-order chi connectivity index (χ1) is 17.6. The van der Waals surface area contributed by atoms with E-state index >= 15 is 0 Å². The third kappa shape index (κ3) is 6.11. The number of furan rings is 1. The van der Waals surface area contributed by atoms with Gasteiger partial charge < -0.3 is 29.8 Å². The van der Waals surface area contributed by atoms with Crippen LogP contribution < -0.4 is 15.5 Å². The van der Waals surface area contributed by atoms with Crippen LogP contribution in [0, 0.1) is 0 Å². The molecular formula is C28H33N5O3S. The summed E-state index contributed by atoms with van der Waals surface area (Å²) in [4.78, 5) is 32.6. The minimum atomic E-state index is -1.17. The standard InChI is InChI=1S/C28H33N5O3S/c1-28(2,26(35)29-21-12-14-22(15-13-21)31(3)4)33(17-23-11-8-16-36-23)25(34)19-32-18-24(30-27(32)37)20-9-6-5-7-10-20/h5-16,24H,17-19H2,1-4H3,(H,29,35)(H,30,37)/t24-/m1/s1. The Bertz CT molecular complexity index is 1230. The van der Waals surface area contributed by atoms with Crippen molar-refractivity contribution in [2.45, 2.75) is 32.0 Å². The average Bonchev–Trinajstić information content (AvgIpc) is 3.53. The fourth-order valence-electron chi connectivity index (χ4n) is 4.25. The van der Waals surface area contributed by atoms with Crippen LogP contribution in [-0.4, -0.2) is 59.5 Å². The van der Waals surface area contributed by atoms with Crippen molar-refractivity contribution >= 4 is 40.5 Å². The minimum absolute atomic E-state index is 0.00136. The quantitative estimate of drug-likeness (QED) is 0.413. The zero-order valence-corrected chi connectivity index (χ0v) is 22.4. The molecule has 2 amide bonds. The molecule has 2 heterocycles. The zero-order valence-electron chi connectivity index (χ0n) is 21.6. The number of hydrogen-bond acceptors (Lipinski definition) is 5. The summed E-state index contributed by atoms with van der Waals surface area (Å²) in [6, 6.07) is 21.1. The summed E-state index contributed by atoms with van der Waals surface area (Å²) in [6.45, 7) is 4.25. The number of hydrogen-bond donors (Lipinski definition) is 2. The van der Waals surface area contributed by atoms with Crippen LogP contribution in [0.25, 0.3) is 0 Å². The number of carbonyl (C=O) groups excluding carboxylic acids is 2. The third-order valence-corrected chi connectivity index (χ3v) is 6.96. The largest absolute Gasteiger partial charge is 0.467 e. The molecule has 37 heavy (non-hydrogen) atoms. The molecule has 1 aromatic heterocycles. The molecule has 1 saturated heterocycles. The van der Waals surface area contributed by atoms with Crippen molar-refractivity contribution in [1.82, 2.24) is 15.1 Å². The fourth-order valence-corrected chi connectivity index (χ4v) is 4.54. The highest BCUT2D eigenvalue weighted by Crippen LogP contribution is 2.25. The second-order valence-electron chi connectivity index (χ2n) is 9.81. The molecule has 1 aliphatic heterocycles. The second-order valence-corrected chi connectivity index (χ2v) is 10.2. The normalized spacial score (nSPS) is 15.3. The molecule has 2 N–H and O–H groups in total. The van der Waals surface area contributed by atoms with Gasteiger partial charge in [-0.2, -0.15) is 0 Å². The summed E-state index contributed by atoms with van der Waals surface area (Å²) >= 11 is 5.54. The molecule has 194 valence electrons. The topological polar surface area (TPSA) is 81.1 Å². The highest BCUT2D eigenvalue weighted by Gasteiger charge is 2.40. The Kier molecular flexibility index (Phi) is 7.83. The van der Waals surface area contributed by atoms with E-state index in [0.717, 1.165) is 11.3 Å². The SMILES string of the molecule is CN(C)c1ccc(NC(=O)C(C)(C)N(Cc2ccco2)C(=O)CN2C[C@H](c3ccccc3)NC2=S)cc1. The summed E-state index contributed by atoms with van der Waals surface area (Å²) in [5.41, 5.74) is 1.62. The van der Waals surface area contributed by atoms with E-state index < -0.39 is 5.54 Å². The first-order valence-electron chi connectivity index (χ1n) is 12.2. The zero-order chi connectivity index (χ0) is 26.6. The molecule has 0 bridgehead atoms. The third-order valence-electron chi connectivity index (χ3n) is 6.58. The van der Waals surface area contributed by atoms with Gasteiger partial charge in [0.05, 0.1) is 25.4 Å². The van der Waals surface area contributed by atoms with E-state index in [1.165, 1.54) is 0 Å². The van der Waals surface area contributed by atoms with Crippen LogP contribution in [0.1, 0.15) is 31.2 Å². The van der Waals surface area contributed by atoms with Crippen molar-refractivity contribution in [2.75, 3.05) is 37.4 Å². The number of nitrogens with zero attached hydrogens (tertiary/aromatic N) is 3. The number of benzene rings is 2. The number of amides is 2. The molecule has 0 unspecified atom stereocenters. The maximum atomic E-state index is 13.7. The van der Waals surface area contributed by atoms with Crippen molar-refractivity contribution < 1.29 is 14.0 Å². The van der Waals surface area contributed by atoms with Gasteiger partial charge in [-0.15, -0.1) is 0 Å². The van der Waals surface area contributed by atoms with Crippen LogP contribution in [-0.2, 0) is 16.1 Å². The first kappa shape index (κ1) is 26.2. The first-order valence-corrected chi connectivity index (χ1v) is 12.6. The van der Waals surface area contributed by atoms with Crippen LogP contribution in [0.5, 0.6) is 0 Å². The Morgan fingerprint density at radius 3 is 2.41 bits per heavy atom. The molecule has 0 spiro atoms. The van der Waals surface area contributed by atoms with Gasteiger partial charge in [0, 0.05) is 32.0 Å². The van der Waals surface area contributed by atoms with Crippen molar-refractivity contribution in [3.8, 4) is 0 Å². The van der Waals surface area contributed by atoms with Gasteiger partial charge in [-0.25, -0.2) is 0 Å². The van der Waals surface area contributed by atoms with Crippen LogP contribution in [0.15, 0.2) is 77.4 Å². The van der Waals surface area contributed by atoms with Crippen molar-refractivity contribution in [2.24, 2.45) is 0 Å². The number of carbonyl (C=O) groups is 2. The van der Waals surface area contributed by atoms with E-state index in [4.69, 9.17) is 16.6 Å². The maximum absolute atomic E-state index is 13.7. The summed E-state index contributed by atoms with van der Waals surface area (Å²) < 4.78 is 5.53. The molecule has 0 radical (unpaired) electrons. The highest BCUT2D eigenvalue weighted by molar-refractivity contribution is 7.80. The van der Waals surface area contributed by atoms with Crippen molar-refractivity contribution in [1.29, 1.82) is 0 Å². The van der Waals surface area contributed by atoms with Gasteiger partial charge in [-0.3, -0.25) is 9.59 Å². The summed E-state index contributed by atoms with van der Waals surface area (Å²) in [5.74, 6) is 0.0699. The van der Waals surface area contributed by atoms with Crippen LogP contribution in [0.4, 0.5) is 11.4 Å². The summed E-state index contributed by atoms with van der Waals surface area (Å²) in [5, 5.41) is 6.78. The Labute approximate surface area is 223 Å². The Balaban J connectivity index is 1.50. The van der Waals surface area contributed by atoms with Gasteiger partial charge >= 0.3 is 0 Å². The molecule has 3 aromatic rings. The van der Waals surface area contributed by atoms with Crippen LogP contribution in [0.3, 0.4) is 0 Å². The van der Waals surface area contributed by atoms with Gasteiger partial charge in [0.1, 0.15) is 11.3 Å². The molecule has 0 aliphatic carbocycles. The van der Waals surface area contributed by atoms with E-state index in [1.807, 2.05) is 78.5 Å². The molecular weight excluding hydrogens is 486 g/mol.